The summed E-state index contributed by atoms with van der Waals surface area (Å²) < 4.78 is 49.6. The van der Waals surface area contributed by atoms with E-state index in [0.717, 1.165) is 7.05 Å². The molecule has 1 aliphatic rings. The van der Waals surface area contributed by atoms with E-state index in [0.29, 0.717) is 0 Å². The highest BCUT2D eigenvalue weighted by atomic mass is 19.3. The SMILES string of the molecule is CN=C1C(F)(F)C=CC1(F)F. The van der Waals surface area contributed by atoms with Gasteiger partial charge in [-0.1, -0.05) is 0 Å². The van der Waals surface area contributed by atoms with E-state index in [-0.39, 0.29) is 12.2 Å². The molecule has 0 spiro atoms. The molecule has 0 unspecified atom stereocenters. The van der Waals surface area contributed by atoms with Gasteiger partial charge in [-0.05, 0) is 12.2 Å². The summed E-state index contributed by atoms with van der Waals surface area (Å²) in [5.74, 6) is -7.17. The van der Waals surface area contributed by atoms with Crippen molar-refractivity contribution < 1.29 is 17.6 Å². The van der Waals surface area contributed by atoms with E-state index < -0.39 is 17.6 Å². The Morgan fingerprint density at radius 3 is 1.64 bits per heavy atom. The quantitative estimate of drug-likeness (QED) is 0.386. The maximum atomic E-state index is 12.4. The number of allylic oxidation sites excluding steroid dienone is 2. The molecule has 0 amide bonds. The molecule has 0 aliphatic heterocycles. The van der Waals surface area contributed by atoms with Crippen LogP contribution in [0.1, 0.15) is 0 Å². The molecule has 0 saturated carbocycles. The average molecular weight is 167 g/mol. The Labute approximate surface area is 60.4 Å². The summed E-state index contributed by atoms with van der Waals surface area (Å²) in [6.45, 7) is 0. The Morgan fingerprint density at radius 1 is 1.09 bits per heavy atom. The van der Waals surface area contributed by atoms with Crippen LogP contribution in [-0.2, 0) is 0 Å². The topological polar surface area (TPSA) is 12.4 Å². The van der Waals surface area contributed by atoms with E-state index in [9.17, 15) is 17.6 Å². The molecule has 0 radical (unpaired) electrons. The lowest BCUT2D eigenvalue weighted by Gasteiger charge is -2.12. The van der Waals surface area contributed by atoms with E-state index in [4.69, 9.17) is 0 Å². The lowest BCUT2D eigenvalue weighted by molar-refractivity contribution is 0.0936. The van der Waals surface area contributed by atoms with Crippen LogP contribution in [0.25, 0.3) is 0 Å². The molecule has 0 N–H and O–H groups in total. The molecule has 0 heterocycles. The zero-order valence-electron chi connectivity index (χ0n) is 5.61. The van der Waals surface area contributed by atoms with Crippen LogP contribution < -0.4 is 0 Å². The monoisotopic (exact) mass is 167 g/mol. The summed E-state index contributed by atoms with van der Waals surface area (Å²) in [6.07, 6.45) is 0.324. The maximum absolute atomic E-state index is 12.4. The van der Waals surface area contributed by atoms with Gasteiger partial charge in [0.2, 0.25) is 0 Å². The highest BCUT2D eigenvalue weighted by Crippen LogP contribution is 2.36. The van der Waals surface area contributed by atoms with E-state index in [2.05, 4.69) is 4.99 Å². The van der Waals surface area contributed by atoms with Gasteiger partial charge in [-0.2, -0.15) is 17.6 Å². The molecule has 0 atom stereocenters. The van der Waals surface area contributed by atoms with Crippen molar-refractivity contribution in [3.63, 3.8) is 0 Å². The third-order valence-electron chi connectivity index (χ3n) is 1.36. The summed E-state index contributed by atoms with van der Waals surface area (Å²) >= 11 is 0. The number of alkyl halides is 4. The first kappa shape index (κ1) is 8.23. The number of hydrogen-bond acceptors (Lipinski definition) is 1. The van der Waals surface area contributed by atoms with Crippen molar-refractivity contribution in [1.29, 1.82) is 0 Å². The largest absolute Gasteiger partial charge is 0.310 e. The minimum absolute atomic E-state index is 0.162. The molecule has 1 rings (SSSR count). The highest BCUT2D eigenvalue weighted by Gasteiger charge is 2.53. The van der Waals surface area contributed by atoms with E-state index in [1.54, 1.807) is 0 Å². The average Bonchev–Trinajstić information content (AvgIpc) is 2.03. The number of nitrogens with zero attached hydrogens (tertiary/aromatic N) is 1. The second-order valence-corrected chi connectivity index (χ2v) is 2.15. The van der Waals surface area contributed by atoms with Gasteiger partial charge in [0.05, 0.1) is 0 Å². The Bertz CT molecular complexity index is 209. The Kier molecular flexibility index (Phi) is 1.54. The number of rotatable bonds is 0. The molecule has 1 nitrogen and oxygen atoms in total. The van der Waals surface area contributed by atoms with E-state index >= 15 is 0 Å². The maximum Gasteiger partial charge on any atom is 0.310 e. The zero-order valence-corrected chi connectivity index (χ0v) is 5.61. The fraction of sp³-hybridized carbons (Fsp3) is 0.500. The fourth-order valence-electron chi connectivity index (χ4n) is 0.888. The van der Waals surface area contributed by atoms with Gasteiger partial charge in [0.1, 0.15) is 0 Å². The molecule has 0 aromatic carbocycles. The fourth-order valence-corrected chi connectivity index (χ4v) is 0.888. The number of aliphatic imine (C=N–C) groups is 1. The van der Waals surface area contributed by atoms with Gasteiger partial charge in [-0.15, -0.1) is 0 Å². The van der Waals surface area contributed by atoms with E-state index in [1.807, 2.05) is 0 Å². The number of hydrogen-bond donors (Lipinski definition) is 0. The summed E-state index contributed by atoms with van der Waals surface area (Å²) in [5.41, 5.74) is -1.38. The van der Waals surface area contributed by atoms with Crippen molar-refractivity contribution in [2.24, 2.45) is 4.99 Å². The van der Waals surface area contributed by atoms with Gasteiger partial charge >= 0.3 is 11.8 Å². The van der Waals surface area contributed by atoms with Crippen molar-refractivity contribution in [2.75, 3.05) is 7.05 Å². The standard InChI is InChI=1S/C6H5F4N/c1-11-4-5(7,8)2-3-6(4,9)10/h2-3H,1H3. The van der Waals surface area contributed by atoms with Crippen LogP contribution in [0.15, 0.2) is 17.1 Å². The first-order valence-corrected chi connectivity index (χ1v) is 2.84. The molecule has 1 aliphatic carbocycles. The van der Waals surface area contributed by atoms with Gasteiger partial charge in [0.15, 0.2) is 5.71 Å². The summed E-state index contributed by atoms with van der Waals surface area (Å²) in [4.78, 5) is 2.85. The van der Waals surface area contributed by atoms with Gasteiger partial charge in [-0.25, -0.2) is 0 Å². The van der Waals surface area contributed by atoms with Gasteiger partial charge < -0.3 is 0 Å². The Balaban J connectivity index is 3.09. The lowest BCUT2D eigenvalue weighted by atomic mass is 10.2. The normalized spacial score (nSPS) is 25.7. The van der Waals surface area contributed by atoms with Crippen LogP contribution >= 0.6 is 0 Å². The first-order chi connectivity index (χ1) is 4.90. The summed E-state index contributed by atoms with van der Waals surface area (Å²) in [6, 6.07) is 0. The van der Waals surface area contributed by atoms with Crippen LogP contribution in [0.5, 0.6) is 0 Å². The minimum Gasteiger partial charge on any atom is -0.285 e. The van der Waals surface area contributed by atoms with Crippen molar-refractivity contribution in [1.82, 2.24) is 0 Å². The van der Waals surface area contributed by atoms with Crippen LogP contribution in [0.3, 0.4) is 0 Å². The summed E-state index contributed by atoms with van der Waals surface area (Å²) in [5, 5.41) is 0. The van der Waals surface area contributed by atoms with Crippen LogP contribution in [0.2, 0.25) is 0 Å². The third-order valence-corrected chi connectivity index (χ3v) is 1.36. The molecule has 0 saturated heterocycles. The van der Waals surface area contributed by atoms with Crippen molar-refractivity contribution in [3.8, 4) is 0 Å². The molecule has 0 bridgehead atoms. The molecule has 0 aromatic heterocycles. The predicted octanol–water partition coefficient (Wildman–Crippen LogP) is 1.90. The van der Waals surface area contributed by atoms with Crippen molar-refractivity contribution >= 4 is 5.71 Å². The van der Waals surface area contributed by atoms with Gasteiger partial charge in [0, 0.05) is 7.05 Å². The third kappa shape index (κ3) is 1.15. The van der Waals surface area contributed by atoms with Gasteiger partial charge in [0.25, 0.3) is 0 Å². The Hall–Kier alpha value is -0.870. The molecular weight excluding hydrogens is 162 g/mol. The molecule has 11 heavy (non-hydrogen) atoms. The van der Waals surface area contributed by atoms with Crippen molar-refractivity contribution in [2.45, 2.75) is 11.8 Å². The predicted molar refractivity (Wildman–Crippen MR) is 32.4 cm³/mol. The zero-order chi connectivity index (χ0) is 8.70. The van der Waals surface area contributed by atoms with Crippen LogP contribution in [-0.4, -0.2) is 24.6 Å². The molecule has 0 aromatic rings. The second kappa shape index (κ2) is 2.06. The summed E-state index contributed by atoms with van der Waals surface area (Å²) in [7, 11) is 0.921. The Morgan fingerprint density at radius 2 is 1.45 bits per heavy atom. The highest BCUT2D eigenvalue weighted by molar-refractivity contribution is 6.02. The van der Waals surface area contributed by atoms with Crippen molar-refractivity contribution in [3.05, 3.63) is 12.2 Å². The van der Waals surface area contributed by atoms with Crippen LogP contribution in [0, 0.1) is 0 Å². The molecule has 62 valence electrons. The minimum atomic E-state index is -3.59. The first-order valence-electron chi connectivity index (χ1n) is 2.84. The smallest absolute Gasteiger partial charge is 0.285 e. The second-order valence-electron chi connectivity index (χ2n) is 2.15. The van der Waals surface area contributed by atoms with Gasteiger partial charge in [-0.3, -0.25) is 4.99 Å². The van der Waals surface area contributed by atoms with E-state index in [1.165, 1.54) is 0 Å². The molecular formula is C6H5F4N. The molecule has 5 heteroatoms. The molecule has 0 fully saturated rings. The number of halogens is 4. The lowest BCUT2D eigenvalue weighted by Crippen LogP contribution is -2.34. The van der Waals surface area contributed by atoms with Crippen LogP contribution in [0.4, 0.5) is 17.6 Å².